The summed E-state index contributed by atoms with van der Waals surface area (Å²) in [5.74, 6) is -0.0919. The van der Waals surface area contributed by atoms with E-state index in [9.17, 15) is 4.79 Å². The van der Waals surface area contributed by atoms with Crippen molar-refractivity contribution in [2.75, 3.05) is 0 Å². The Bertz CT molecular complexity index is 793. The molecule has 0 saturated carbocycles. The van der Waals surface area contributed by atoms with Gasteiger partial charge >= 0.3 is 0 Å². The second-order valence-electron chi connectivity index (χ2n) is 4.73. The Labute approximate surface area is 137 Å². The van der Waals surface area contributed by atoms with E-state index in [1.54, 1.807) is 17.0 Å². The molecule has 0 radical (unpaired) electrons. The summed E-state index contributed by atoms with van der Waals surface area (Å²) >= 11 is 7.32. The van der Waals surface area contributed by atoms with Crippen molar-refractivity contribution in [3.8, 4) is 6.07 Å². The Morgan fingerprint density at radius 1 is 1.18 bits per heavy atom. The molecule has 1 amide bonds. The summed E-state index contributed by atoms with van der Waals surface area (Å²) in [5, 5.41) is 10.3. The molecule has 3 rings (SSSR count). The highest BCUT2D eigenvalue weighted by molar-refractivity contribution is 8.03. The van der Waals surface area contributed by atoms with Crippen molar-refractivity contribution in [3.63, 3.8) is 0 Å². The third-order valence-corrected chi connectivity index (χ3v) is 4.66. The lowest BCUT2D eigenvalue weighted by Crippen LogP contribution is -2.32. The first-order valence-corrected chi connectivity index (χ1v) is 7.81. The highest BCUT2D eigenvalue weighted by Crippen LogP contribution is 2.38. The number of carbonyl (C=O) groups excluding carboxylic acids is 1. The van der Waals surface area contributed by atoms with Crippen molar-refractivity contribution < 1.29 is 4.79 Å². The van der Waals surface area contributed by atoms with Crippen LogP contribution in [0.4, 0.5) is 0 Å². The Balaban J connectivity index is 1.97. The van der Waals surface area contributed by atoms with E-state index < -0.39 is 0 Å². The van der Waals surface area contributed by atoms with Crippen LogP contribution in [0.15, 0.2) is 64.5 Å². The van der Waals surface area contributed by atoms with Gasteiger partial charge in [0.05, 0.1) is 23.2 Å². The maximum atomic E-state index is 12.7. The number of carbonyl (C=O) groups is 1. The smallest absolute Gasteiger partial charge is 0.260 e. The van der Waals surface area contributed by atoms with Gasteiger partial charge in [-0.2, -0.15) is 5.26 Å². The third kappa shape index (κ3) is 2.87. The molecule has 0 saturated heterocycles. The molecule has 0 fully saturated rings. The molecule has 0 bridgehead atoms. The Kier molecular flexibility index (Phi) is 4.19. The fraction of sp³-hybridized carbons (Fsp3) is 0.0588. The lowest BCUT2D eigenvalue weighted by Gasteiger charge is -2.30. The second-order valence-corrected chi connectivity index (χ2v) is 6.23. The molecule has 22 heavy (non-hydrogen) atoms. The van der Waals surface area contributed by atoms with Gasteiger partial charge in [-0.25, -0.2) is 0 Å². The molecule has 5 heteroatoms. The van der Waals surface area contributed by atoms with E-state index >= 15 is 0 Å². The summed E-state index contributed by atoms with van der Waals surface area (Å²) in [6.45, 7) is 0.408. The first-order valence-electron chi connectivity index (χ1n) is 6.62. The van der Waals surface area contributed by atoms with Crippen molar-refractivity contribution in [1.82, 2.24) is 4.90 Å². The number of nitrogens with zero attached hydrogens (tertiary/aromatic N) is 2. The number of halogens is 1. The molecule has 1 heterocycles. The number of nitriles is 1. The minimum Gasteiger partial charge on any atom is -0.297 e. The average Bonchev–Trinajstić information content (AvgIpc) is 2.53. The van der Waals surface area contributed by atoms with E-state index in [2.05, 4.69) is 0 Å². The summed E-state index contributed by atoms with van der Waals surface area (Å²) in [6, 6.07) is 16.8. The molecule has 0 atom stereocenters. The summed E-state index contributed by atoms with van der Waals surface area (Å²) in [6.07, 6.45) is 1.41. The van der Waals surface area contributed by atoms with Crippen molar-refractivity contribution in [1.29, 1.82) is 5.26 Å². The van der Waals surface area contributed by atoms with Gasteiger partial charge in [-0.05, 0) is 29.8 Å². The van der Waals surface area contributed by atoms with Crippen LogP contribution in [0.2, 0.25) is 5.02 Å². The van der Waals surface area contributed by atoms with Gasteiger partial charge in [-0.3, -0.25) is 9.69 Å². The zero-order valence-corrected chi connectivity index (χ0v) is 13.1. The van der Waals surface area contributed by atoms with Crippen molar-refractivity contribution >= 4 is 29.3 Å². The van der Waals surface area contributed by atoms with Crippen LogP contribution in [0.5, 0.6) is 0 Å². The fourth-order valence-electron chi connectivity index (χ4n) is 2.23. The second kappa shape index (κ2) is 6.27. The Hall–Kier alpha value is -2.22. The maximum absolute atomic E-state index is 12.7. The molecule has 0 aliphatic carbocycles. The quantitative estimate of drug-likeness (QED) is 0.766. The molecule has 2 aromatic carbocycles. The van der Waals surface area contributed by atoms with Crippen LogP contribution in [0.1, 0.15) is 15.9 Å². The molecular formula is C17H11ClN2OS. The number of rotatable bonds is 2. The molecule has 1 aliphatic rings. The molecule has 0 unspecified atom stereocenters. The average molecular weight is 327 g/mol. The van der Waals surface area contributed by atoms with E-state index in [-0.39, 0.29) is 5.91 Å². The lowest BCUT2D eigenvalue weighted by molar-refractivity contribution is 0.0801. The van der Waals surface area contributed by atoms with Crippen molar-refractivity contribution in [2.24, 2.45) is 0 Å². The zero-order chi connectivity index (χ0) is 15.5. The van der Waals surface area contributed by atoms with Crippen LogP contribution in [0.25, 0.3) is 0 Å². The van der Waals surface area contributed by atoms with Gasteiger partial charge in [0.2, 0.25) is 0 Å². The zero-order valence-electron chi connectivity index (χ0n) is 11.5. The van der Waals surface area contributed by atoms with Crippen molar-refractivity contribution in [3.05, 3.63) is 75.8 Å². The monoisotopic (exact) mass is 326 g/mol. The first-order chi connectivity index (χ1) is 10.7. The van der Waals surface area contributed by atoms with Gasteiger partial charge in [0.15, 0.2) is 0 Å². The van der Waals surface area contributed by atoms with E-state index in [4.69, 9.17) is 16.9 Å². The Morgan fingerprint density at radius 3 is 2.64 bits per heavy atom. The number of fused-ring (bicyclic) bond motifs is 1. The van der Waals surface area contributed by atoms with Crippen LogP contribution < -0.4 is 0 Å². The number of allylic oxidation sites excluding steroid dienone is 1. The maximum Gasteiger partial charge on any atom is 0.260 e. The molecule has 0 N–H and O–H groups in total. The molecule has 108 valence electrons. The van der Waals surface area contributed by atoms with Crippen LogP contribution in [0, 0.1) is 11.3 Å². The molecule has 1 aliphatic heterocycles. The topological polar surface area (TPSA) is 44.1 Å². The summed E-state index contributed by atoms with van der Waals surface area (Å²) in [4.78, 5) is 15.2. The van der Waals surface area contributed by atoms with Gasteiger partial charge < -0.3 is 0 Å². The number of hydrogen-bond acceptors (Lipinski definition) is 3. The number of thioether (sulfide) groups is 1. The number of benzene rings is 2. The van der Waals surface area contributed by atoms with E-state index in [1.165, 1.54) is 17.8 Å². The third-order valence-electron chi connectivity index (χ3n) is 3.29. The largest absolute Gasteiger partial charge is 0.297 e. The molecule has 2 aromatic rings. The normalized spacial score (nSPS) is 15.5. The van der Waals surface area contributed by atoms with Gasteiger partial charge in [-0.15, -0.1) is 0 Å². The van der Waals surface area contributed by atoms with Crippen LogP contribution in [-0.2, 0) is 6.54 Å². The van der Waals surface area contributed by atoms with E-state index in [0.717, 1.165) is 10.5 Å². The number of amides is 1. The van der Waals surface area contributed by atoms with Gasteiger partial charge in [0.25, 0.3) is 5.91 Å². The summed E-state index contributed by atoms with van der Waals surface area (Å²) < 4.78 is 0. The van der Waals surface area contributed by atoms with Gasteiger partial charge in [-0.1, -0.05) is 47.6 Å². The van der Waals surface area contributed by atoms with Crippen LogP contribution in [-0.4, -0.2) is 10.8 Å². The molecule has 0 spiro atoms. The van der Waals surface area contributed by atoms with Crippen molar-refractivity contribution in [2.45, 2.75) is 11.4 Å². The predicted molar refractivity (Wildman–Crippen MR) is 87.3 cm³/mol. The number of hydrogen-bond donors (Lipinski definition) is 0. The Morgan fingerprint density at radius 2 is 1.91 bits per heavy atom. The van der Waals surface area contributed by atoms with Gasteiger partial charge in [0.1, 0.15) is 0 Å². The summed E-state index contributed by atoms with van der Waals surface area (Å²) in [7, 11) is 0. The van der Waals surface area contributed by atoms with Gasteiger partial charge in [0, 0.05) is 16.0 Å². The minimum atomic E-state index is -0.0919. The molecule has 0 aromatic heterocycles. The predicted octanol–water partition coefficient (Wildman–Crippen LogP) is 4.45. The molecular weight excluding hydrogens is 316 g/mol. The highest BCUT2D eigenvalue weighted by Gasteiger charge is 2.28. The first kappa shape index (κ1) is 14.7. The minimum absolute atomic E-state index is 0.0919. The van der Waals surface area contributed by atoms with E-state index in [0.29, 0.717) is 22.2 Å². The fourth-order valence-corrected chi connectivity index (χ4v) is 3.36. The lowest BCUT2D eigenvalue weighted by atomic mass is 10.1. The highest BCUT2D eigenvalue weighted by atomic mass is 35.5. The van der Waals surface area contributed by atoms with E-state index in [1.807, 2.05) is 42.5 Å². The molecule has 3 nitrogen and oxygen atoms in total. The standard InChI is InChI=1S/C17H11ClN2OS/c18-13-7-5-12(6-8-13)11-20-16(9-10-19)22-15-4-2-1-3-14(15)17(20)21/h1-9H,11H2. The summed E-state index contributed by atoms with van der Waals surface area (Å²) in [5.41, 5.74) is 1.62. The van der Waals surface area contributed by atoms with Crippen LogP contribution in [0.3, 0.4) is 0 Å². The van der Waals surface area contributed by atoms with Crippen LogP contribution >= 0.6 is 23.4 Å². The SMILES string of the molecule is N#CC=C1Sc2ccccc2C(=O)N1Cc1ccc(Cl)cc1.